The van der Waals surface area contributed by atoms with Gasteiger partial charge in [-0.15, -0.1) is 5.10 Å². The molecule has 2 aromatic carbocycles. The Bertz CT molecular complexity index is 1420. The number of nitrogens with zero attached hydrogens (tertiary/aromatic N) is 5. The third-order valence-electron chi connectivity index (χ3n) is 4.70. The van der Waals surface area contributed by atoms with E-state index >= 15 is 0 Å². The number of H-pyrrole nitrogens is 2. The van der Waals surface area contributed by atoms with Crippen molar-refractivity contribution in [3.63, 3.8) is 0 Å². The van der Waals surface area contributed by atoms with Crippen molar-refractivity contribution in [1.82, 2.24) is 25.1 Å². The number of aromatic nitrogens is 5. The van der Waals surface area contributed by atoms with Crippen molar-refractivity contribution in [3.05, 3.63) is 81.4 Å². The SMILES string of the molecule is COc1ccc(C=NNc2nc(-c3ccccc3)c(C#N)c(=O)[nH]2)cc1CSc1n[nH]c(C)n1. The molecule has 0 amide bonds. The minimum absolute atomic E-state index is 0.0559. The van der Waals surface area contributed by atoms with E-state index in [0.717, 1.165) is 22.7 Å². The number of methoxy groups -OCH3 is 1. The van der Waals surface area contributed by atoms with Crippen molar-refractivity contribution in [2.24, 2.45) is 5.10 Å². The van der Waals surface area contributed by atoms with Crippen LogP contribution in [-0.2, 0) is 5.75 Å². The second kappa shape index (κ2) is 10.5. The molecule has 11 heteroatoms. The highest BCUT2D eigenvalue weighted by molar-refractivity contribution is 7.98. The summed E-state index contributed by atoms with van der Waals surface area (Å²) in [6.07, 6.45) is 1.60. The molecule has 0 saturated carbocycles. The first-order chi connectivity index (χ1) is 16.6. The van der Waals surface area contributed by atoms with Gasteiger partial charge in [-0.25, -0.2) is 15.4 Å². The molecule has 0 saturated heterocycles. The lowest BCUT2D eigenvalue weighted by Crippen LogP contribution is -2.16. The van der Waals surface area contributed by atoms with Crippen molar-refractivity contribution in [2.75, 3.05) is 12.5 Å². The molecular weight excluding hydrogens is 452 g/mol. The standard InChI is InChI=1S/C23H20N8O2S/c1-14-26-23(31-29-14)34-13-17-10-15(8-9-19(17)33-2)12-25-30-22-27-20(16-6-4-3-5-7-16)18(11-24)21(32)28-22/h3-10,12H,13H2,1-2H3,(H,26,29,31)(H2,27,28,30,32). The second-order valence-corrected chi connectivity index (χ2v) is 7.99. The van der Waals surface area contributed by atoms with Gasteiger partial charge in [-0.2, -0.15) is 10.4 Å². The monoisotopic (exact) mass is 472 g/mol. The molecule has 2 heterocycles. The molecule has 0 fully saturated rings. The average Bonchev–Trinajstić information content (AvgIpc) is 3.28. The number of nitriles is 1. The maximum atomic E-state index is 12.4. The van der Waals surface area contributed by atoms with E-state index in [1.165, 1.54) is 11.8 Å². The molecule has 4 rings (SSSR count). The maximum Gasteiger partial charge on any atom is 0.270 e. The van der Waals surface area contributed by atoms with Crippen LogP contribution in [0.25, 0.3) is 11.3 Å². The quantitative estimate of drug-likeness (QED) is 0.201. The highest BCUT2D eigenvalue weighted by atomic mass is 32.2. The van der Waals surface area contributed by atoms with Gasteiger partial charge in [0, 0.05) is 16.9 Å². The van der Waals surface area contributed by atoms with Crippen LogP contribution < -0.4 is 15.7 Å². The van der Waals surface area contributed by atoms with E-state index in [0.29, 0.717) is 16.5 Å². The molecule has 0 aliphatic carbocycles. The molecule has 3 N–H and O–H groups in total. The number of hydrogen-bond donors (Lipinski definition) is 3. The van der Waals surface area contributed by atoms with Gasteiger partial charge < -0.3 is 4.74 Å². The predicted molar refractivity (Wildman–Crippen MR) is 130 cm³/mol. The smallest absolute Gasteiger partial charge is 0.270 e. The Morgan fingerprint density at radius 1 is 1.24 bits per heavy atom. The summed E-state index contributed by atoms with van der Waals surface area (Å²) in [5, 5.41) is 21.2. The van der Waals surface area contributed by atoms with E-state index < -0.39 is 5.56 Å². The molecule has 0 radical (unpaired) electrons. The predicted octanol–water partition coefficient (Wildman–Crippen LogP) is 3.48. The fraction of sp³-hybridized carbons (Fsp3) is 0.130. The summed E-state index contributed by atoms with van der Waals surface area (Å²) in [7, 11) is 1.62. The highest BCUT2D eigenvalue weighted by Gasteiger charge is 2.13. The van der Waals surface area contributed by atoms with Crippen molar-refractivity contribution in [1.29, 1.82) is 5.26 Å². The van der Waals surface area contributed by atoms with Crippen LogP contribution in [0.2, 0.25) is 0 Å². The molecule has 0 spiro atoms. The van der Waals surface area contributed by atoms with Crippen molar-refractivity contribution < 1.29 is 4.74 Å². The Balaban J connectivity index is 1.52. The minimum Gasteiger partial charge on any atom is -0.496 e. The van der Waals surface area contributed by atoms with Gasteiger partial charge in [0.1, 0.15) is 23.2 Å². The third-order valence-corrected chi connectivity index (χ3v) is 5.60. The molecular formula is C23H20N8O2S. The van der Waals surface area contributed by atoms with Gasteiger partial charge in [0.05, 0.1) is 19.0 Å². The summed E-state index contributed by atoms with van der Waals surface area (Å²) in [4.78, 5) is 23.6. The van der Waals surface area contributed by atoms with Gasteiger partial charge in [-0.1, -0.05) is 42.1 Å². The number of nitrogens with one attached hydrogen (secondary N) is 3. The Morgan fingerprint density at radius 3 is 2.76 bits per heavy atom. The Kier molecular flexibility index (Phi) is 7.00. The van der Waals surface area contributed by atoms with Gasteiger partial charge >= 0.3 is 0 Å². The fourth-order valence-corrected chi connectivity index (χ4v) is 3.95. The molecule has 0 atom stereocenters. The summed E-state index contributed by atoms with van der Waals surface area (Å²) in [6.45, 7) is 1.85. The van der Waals surface area contributed by atoms with Crippen LogP contribution in [0.3, 0.4) is 0 Å². The number of hydrazone groups is 1. The van der Waals surface area contributed by atoms with E-state index in [4.69, 9.17) is 4.74 Å². The first kappa shape index (κ1) is 22.8. The van der Waals surface area contributed by atoms with Crippen molar-refractivity contribution in [3.8, 4) is 23.1 Å². The molecule has 2 aromatic heterocycles. The zero-order chi connectivity index (χ0) is 23.9. The van der Waals surface area contributed by atoms with Gasteiger partial charge in [-0.05, 0) is 30.7 Å². The zero-order valence-corrected chi connectivity index (χ0v) is 19.2. The second-order valence-electron chi connectivity index (χ2n) is 7.05. The van der Waals surface area contributed by atoms with E-state index in [-0.39, 0.29) is 17.2 Å². The number of aryl methyl sites for hydroxylation is 1. The molecule has 170 valence electrons. The largest absolute Gasteiger partial charge is 0.496 e. The molecule has 0 aliphatic heterocycles. The van der Waals surface area contributed by atoms with Gasteiger partial charge in [0.15, 0.2) is 0 Å². The molecule has 0 aliphatic rings. The lowest BCUT2D eigenvalue weighted by molar-refractivity contribution is 0.411. The molecule has 34 heavy (non-hydrogen) atoms. The van der Waals surface area contributed by atoms with Crippen LogP contribution in [0.1, 0.15) is 22.5 Å². The molecule has 0 bridgehead atoms. The number of aromatic amines is 2. The summed E-state index contributed by atoms with van der Waals surface area (Å²) >= 11 is 1.49. The first-order valence-electron chi connectivity index (χ1n) is 10.1. The number of thioether (sulfide) groups is 1. The lowest BCUT2D eigenvalue weighted by atomic mass is 10.1. The van der Waals surface area contributed by atoms with E-state index in [2.05, 4.69) is 35.7 Å². The minimum atomic E-state index is -0.542. The molecule has 0 unspecified atom stereocenters. The number of anilines is 1. The van der Waals surface area contributed by atoms with Crippen molar-refractivity contribution >= 4 is 23.9 Å². The fourth-order valence-electron chi connectivity index (χ4n) is 3.12. The Hall–Kier alpha value is -4.43. The highest BCUT2D eigenvalue weighted by Crippen LogP contribution is 2.27. The number of ether oxygens (including phenoxy) is 1. The Morgan fingerprint density at radius 2 is 2.06 bits per heavy atom. The summed E-state index contributed by atoms with van der Waals surface area (Å²) in [5.74, 6) is 2.24. The van der Waals surface area contributed by atoms with Crippen LogP contribution in [-0.4, -0.2) is 38.5 Å². The summed E-state index contributed by atoms with van der Waals surface area (Å²) in [6, 6.07) is 16.6. The van der Waals surface area contributed by atoms with Crippen LogP contribution >= 0.6 is 11.8 Å². The van der Waals surface area contributed by atoms with E-state index in [9.17, 15) is 10.1 Å². The Labute approximate surface area is 199 Å². The summed E-state index contributed by atoms with van der Waals surface area (Å²) in [5.41, 5.74) is 4.86. The third kappa shape index (κ3) is 5.31. The zero-order valence-electron chi connectivity index (χ0n) is 18.4. The van der Waals surface area contributed by atoms with Gasteiger partial charge in [-0.3, -0.25) is 14.9 Å². The van der Waals surface area contributed by atoms with Crippen molar-refractivity contribution in [2.45, 2.75) is 17.8 Å². The van der Waals surface area contributed by atoms with Crippen LogP contribution in [0.5, 0.6) is 5.75 Å². The first-order valence-corrected chi connectivity index (χ1v) is 11.1. The van der Waals surface area contributed by atoms with E-state index in [1.54, 1.807) is 25.5 Å². The molecule has 10 nitrogen and oxygen atoms in total. The molecule has 4 aromatic rings. The van der Waals surface area contributed by atoms with Gasteiger partial charge in [0.25, 0.3) is 5.56 Å². The number of hydrogen-bond acceptors (Lipinski definition) is 9. The number of benzene rings is 2. The van der Waals surface area contributed by atoms with E-state index in [1.807, 2.05) is 49.4 Å². The normalized spacial score (nSPS) is 10.9. The van der Waals surface area contributed by atoms with Crippen LogP contribution in [0.15, 0.2) is 63.6 Å². The lowest BCUT2D eigenvalue weighted by Gasteiger charge is -2.08. The topological polar surface area (TPSA) is 145 Å². The van der Waals surface area contributed by atoms with Crippen LogP contribution in [0, 0.1) is 18.3 Å². The summed E-state index contributed by atoms with van der Waals surface area (Å²) < 4.78 is 5.46. The van der Waals surface area contributed by atoms with Gasteiger partial charge in [0.2, 0.25) is 11.1 Å². The number of rotatable bonds is 8. The maximum absolute atomic E-state index is 12.4. The average molecular weight is 473 g/mol. The van der Waals surface area contributed by atoms with Crippen LogP contribution in [0.4, 0.5) is 5.95 Å².